The minimum atomic E-state index is -0.483. The smallest absolute Gasteiger partial charge is 0.405 e. The largest absolute Gasteiger partial charge is 0.462 e. The van der Waals surface area contributed by atoms with Crippen LogP contribution in [0, 0.1) is 17.3 Å². The first-order valence-corrected chi connectivity index (χ1v) is 10.9. The molecule has 4 fully saturated rings. The van der Waals surface area contributed by atoms with E-state index in [0.29, 0.717) is 24.3 Å². The number of aliphatic imine (C=N–C) groups is 1. The van der Waals surface area contributed by atoms with Gasteiger partial charge in [0.2, 0.25) is 5.91 Å². The second-order valence-electron chi connectivity index (χ2n) is 9.95. The van der Waals surface area contributed by atoms with E-state index in [1.807, 2.05) is 30.3 Å². The summed E-state index contributed by atoms with van der Waals surface area (Å²) in [6.45, 7) is 13.1. The quantitative estimate of drug-likeness (QED) is 0.567. The minimum absolute atomic E-state index is 0.0730. The average molecular weight is 396 g/mol. The number of benzene rings is 1. The molecular weight excluding hydrogens is 363 g/mol. The summed E-state index contributed by atoms with van der Waals surface area (Å²) >= 11 is 0. The van der Waals surface area contributed by atoms with Gasteiger partial charge in [-0.05, 0) is 49.3 Å². The molecule has 6 atom stereocenters. The van der Waals surface area contributed by atoms with E-state index in [1.165, 1.54) is 6.42 Å². The number of hydrogen-bond acceptors (Lipinski definition) is 4. The molecule has 6 heteroatoms. The number of rotatable bonds is 7. The van der Waals surface area contributed by atoms with Crippen molar-refractivity contribution in [3.63, 3.8) is 0 Å². The lowest BCUT2D eigenvalue weighted by Crippen LogP contribution is -2.65. The number of amides is 1. The summed E-state index contributed by atoms with van der Waals surface area (Å²) < 4.78 is 12.8. The van der Waals surface area contributed by atoms with Gasteiger partial charge in [-0.25, -0.2) is 0 Å². The van der Waals surface area contributed by atoms with E-state index in [2.05, 4.69) is 44.7 Å². The van der Waals surface area contributed by atoms with Crippen LogP contribution in [0.4, 0.5) is 0 Å². The average Bonchev–Trinajstić information content (AvgIpc) is 3.07. The number of carbonyl (C=O) groups excluding carboxylic acids is 1. The Morgan fingerprint density at radius 2 is 2.03 bits per heavy atom. The zero-order valence-corrected chi connectivity index (χ0v) is 18.1. The molecule has 3 saturated carbocycles. The van der Waals surface area contributed by atoms with Crippen LogP contribution in [0.5, 0.6) is 0 Å². The Balaban J connectivity index is 1.31. The monoisotopic (exact) mass is 396 g/mol. The van der Waals surface area contributed by atoms with E-state index in [1.54, 1.807) is 0 Å². The second-order valence-corrected chi connectivity index (χ2v) is 9.95. The van der Waals surface area contributed by atoms with Gasteiger partial charge in [0, 0.05) is 18.8 Å². The molecular formula is C23H33BN2O3. The molecule has 1 aliphatic heterocycles. The van der Waals surface area contributed by atoms with Crippen LogP contribution < -0.4 is 5.32 Å². The molecule has 0 aromatic heterocycles. The van der Waals surface area contributed by atoms with E-state index in [-0.39, 0.29) is 30.5 Å². The summed E-state index contributed by atoms with van der Waals surface area (Å²) in [7, 11) is -0.273. The van der Waals surface area contributed by atoms with E-state index in [9.17, 15) is 4.79 Å². The van der Waals surface area contributed by atoms with Gasteiger partial charge >= 0.3 is 7.12 Å². The third-order valence-electron chi connectivity index (χ3n) is 7.83. The lowest BCUT2D eigenvalue weighted by Gasteiger charge is -2.64. The van der Waals surface area contributed by atoms with Crippen molar-refractivity contribution in [2.75, 3.05) is 6.54 Å². The molecule has 1 amide bonds. The van der Waals surface area contributed by atoms with Crippen molar-refractivity contribution >= 4 is 19.7 Å². The highest BCUT2D eigenvalue weighted by Crippen LogP contribution is 2.66. The van der Waals surface area contributed by atoms with Crippen LogP contribution in [0.25, 0.3) is 0 Å². The molecule has 156 valence electrons. The van der Waals surface area contributed by atoms with Crippen molar-refractivity contribution in [2.45, 2.75) is 70.5 Å². The Morgan fingerprint density at radius 1 is 1.31 bits per heavy atom. The summed E-state index contributed by atoms with van der Waals surface area (Å²) in [5, 5.41) is 3.03. The summed E-state index contributed by atoms with van der Waals surface area (Å²) in [6, 6.07) is 9.42. The zero-order valence-electron chi connectivity index (χ0n) is 18.1. The first-order valence-electron chi connectivity index (χ1n) is 10.9. The van der Waals surface area contributed by atoms with Crippen molar-refractivity contribution in [3.8, 4) is 0 Å². The SMILES string of the molecule is C=N[C@@H](Cc1ccccc1)C(=O)NC[C@@H](C)B1OC2CC3CC(C3(C)C)[C@@]2(C)O1. The molecule has 0 spiro atoms. The maximum Gasteiger partial charge on any atom is 0.462 e. The fourth-order valence-electron chi connectivity index (χ4n) is 5.70. The molecule has 1 heterocycles. The van der Waals surface area contributed by atoms with Crippen molar-refractivity contribution in [1.29, 1.82) is 0 Å². The highest BCUT2D eigenvalue weighted by molar-refractivity contribution is 6.47. The number of nitrogens with zero attached hydrogens (tertiary/aromatic N) is 1. The molecule has 4 aliphatic rings. The van der Waals surface area contributed by atoms with E-state index in [4.69, 9.17) is 9.31 Å². The third-order valence-corrected chi connectivity index (χ3v) is 7.83. The van der Waals surface area contributed by atoms with Crippen molar-refractivity contribution < 1.29 is 14.1 Å². The first-order chi connectivity index (χ1) is 13.8. The van der Waals surface area contributed by atoms with E-state index < -0.39 is 6.04 Å². The lowest BCUT2D eigenvalue weighted by molar-refractivity contribution is -0.199. The molecule has 2 bridgehead atoms. The Labute approximate surface area is 174 Å². The molecule has 1 aromatic carbocycles. The van der Waals surface area contributed by atoms with Crippen molar-refractivity contribution in [3.05, 3.63) is 35.9 Å². The number of hydrogen-bond donors (Lipinski definition) is 1. The maximum atomic E-state index is 12.6. The molecule has 5 nitrogen and oxygen atoms in total. The fraction of sp³-hybridized carbons (Fsp3) is 0.652. The normalized spacial score (nSPS) is 33.9. The van der Waals surface area contributed by atoms with Gasteiger partial charge in [0.1, 0.15) is 6.04 Å². The predicted octanol–water partition coefficient (Wildman–Crippen LogP) is 3.53. The van der Waals surface area contributed by atoms with Crippen molar-refractivity contribution in [2.24, 2.45) is 22.2 Å². The number of nitrogens with one attached hydrogen (secondary N) is 1. The Kier molecular flexibility index (Phi) is 5.37. The van der Waals surface area contributed by atoms with E-state index in [0.717, 1.165) is 17.9 Å². The lowest BCUT2D eigenvalue weighted by atomic mass is 9.43. The van der Waals surface area contributed by atoms with Gasteiger partial charge in [-0.1, -0.05) is 51.1 Å². The van der Waals surface area contributed by atoms with Crippen LogP contribution in [-0.2, 0) is 20.5 Å². The maximum absolute atomic E-state index is 12.6. The Bertz CT molecular complexity index is 771. The molecule has 29 heavy (non-hydrogen) atoms. The highest BCUT2D eigenvalue weighted by Gasteiger charge is 2.68. The van der Waals surface area contributed by atoms with Gasteiger partial charge in [0.05, 0.1) is 11.7 Å². The van der Waals surface area contributed by atoms with Gasteiger partial charge < -0.3 is 14.6 Å². The minimum Gasteiger partial charge on any atom is -0.405 e. The Hall–Kier alpha value is -1.66. The first kappa shape index (κ1) is 20.6. The van der Waals surface area contributed by atoms with Gasteiger partial charge in [0.25, 0.3) is 0 Å². The second kappa shape index (κ2) is 7.55. The molecule has 3 aliphatic carbocycles. The van der Waals surface area contributed by atoms with Crippen LogP contribution >= 0.6 is 0 Å². The van der Waals surface area contributed by atoms with Crippen LogP contribution in [-0.4, -0.2) is 44.0 Å². The van der Waals surface area contributed by atoms with Crippen LogP contribution in [0.15, 0.2) is 35.3 Å². The molecule has 1 aromatic rings. The van der Waals surface area contributed by atoms with E-state index >= 15 is 0 Å². The van der Waals surface area contributed by atoms with Crippen LogP contribution in [0.2, 0.25) is 5.82 Å². The molecule has 1 N–H and O–H groups in total. The van der Waals surface area contributed by atoms with Crippen molar-refractivity contribution in [1.82, 2.24) is 5.32 Å². The zero-order chi connectivity index (χ0) is 20.8. The van der Waals surface area contributed by atoms with Gasteiger partial charge in [-0.3, -0.25) is 9.79 Å². The summed E-state index contributed by atoms with van der Waals surface area (Å²) in [4.78, 5) is 16.7. The Morgan fingerprint density at radius 3 is 2.69 bits per heavy atom. The topological polar surface area (TPSA) is 59.9 Å². The molecule has 1 saturated heterocycles. The van der Waals surface area contributed by atoms with Crippen LogP contribution in [0.1, 0.15) is 46.1 Å². The summed E-state index contributed by atoms with van der Waals surface area (Å²) in [5.41, 5.74) is 1.20. The summed E-state index contributed by atoms with van der Waals surface area (Å²) in [5.74, 6) is 1.26. The highest BCUT2D eigenvalue weighted by atomic mass is 16.7. The van der Waals surface area contributed by atoms with Gasteiger partial charge in [-0.2, -0.15) is 0 Å². The molecule has 5 rings (SSSR count). The van der Waals surface area contributed by atoms with Crippen LogP contribution in [0.3, 0.4) is 0 Å². The van der Waals surface area contributed by atoms with Gasteiger partial charge in [0.15, 0.2) is 0 Å². The molecule has 0 radical (unpaired) electrons. The fourth-order valence-corrected chi connectivity index (χ4v) is 5.70. The standard InChI is InChI=1S/C23H33BN2O3/c1-15(14-26-21(27)18(25-5)11-16-9-7-6-8-10-16)24-28-20-13-17-12-19(22(17,2)3)23(20,4)29-24/h6-10,15,17-20H,5,11-14H2,1-4H3,(H,26,27)/t15-,17?,18+,19?,20?,23-/m1/s1. The van der Waals surface area contributed by atoms with Gasteiger partial charge in [-0.15, -0.1) is 0 Å². The third kappa shape index (κ3) is 3.55. The molecule has 3 unspecified atom stereocenters. The predicted molar refractivity (Wildman–Crippen MR) is 116 cm³/mol. The summed E-state index contributed by atoms with van der Waals surface area (Å²) in [6.07, 6.45) is 3.05. The number of carbonyl (C=O) groups is 1.